The van der Waals surface area contributed by atoms with Crippen LogP contribution in [-0.4, -0.2) is 59.5 Å². The maximum Gasteiger partial charge on any atom is 0.113 e. The van der Waals surface area contributed by atoms with Gasteiger partial charge in [0.05, 0.1) is 31.0 Å². The molecule has 1 aliphatic heterocycles. The monoisotopic (exact) mass is 334 g/mol. The summed E-state index contributed by atoms with van der Waals surface area (Å²) in [7, 11) is 0. The highest BCUT2D eigenvalue weighted by Crippen LogP contribution is 2.15. The number of fused-ring (bicyclic) bond motifs is 2. The second-order valence-corrected chi connectivity index (χ2v) is 6.37. The first-order valence-corrected chi connectivity index (χ1v) is 8.38. The molecule has 1 fully saturated rings. The molecule has 25 heavy (non-hydrogen) atoms. The molecule has 1 saturated heterocycles. The van der Waals surface area contributed by atoms with Crippen molar-refractivity contribution in [3.05, 3.63) is 48.5 Å². The molecule has 0 N–H and O–H groups in total. The predicted octanol–water partition coefficient (Wildman–Crippen LogP) is 1.37. The zero-order valence-electron chi connectivity index (χ0n) is 13.7. The van der Waals surface area contributed by atoms with Crippen LogP contribution in [0.4, 0.5) is 0 Å². The number of para-hydroxylation sites is 2. The first-order chi connectivity index (χ1) is 12.4. The van der Waals surface area contributed by atoms with E-state index < -0.39 is 0 Å². The Balaban J connectivity index is 1.28. The lowest BCUT2D eigenvalue weighted by molar-refractivity contribution is 0.174. The molecule has 1 aliphatic rings. The zero-order valence-corrected chi connectivity index (χ0v) is 13.7. The third-order valence-electron chi connectivity index (χ3n) is 4.64. The number of benzene rings is 2. The van der Waals surface area contributed by atoms with E-state index in [-0.39, 0.29) is 0 Å². The average Bonchev–Trinajstić information content (AvgIpc) is 3.36. The van der Waals surface area contributed by atoms with Crippen LogP contribution in [0, 0.1) is 0 Å². The Morgan fingerprint density at radius 3 is 1.68 bits per heavy atom. The fourth-order valence-corrected chi connectivity index (χ4v) is 3.36. The van der Waals surface area contributed by atoms with E-state index >= 15 is 0 Å². The van der Waals surface area contributed by atoms with E-state index in [1.54, 1.807) is 0 Å². The lowest BCUT2D eigenvalue weighted by Gasteiger charge is -2.18. The molecule has 0 spiro atoms. The number of hydrogen-bond acceptors (Lipinski definition) is 6. The van der Waals surface area contributed by atoms with Crippen LogP contribution in [0.5, 0.6) is 0 Å². The van der Waals surface area contributed by atoms with Gasteiger partial charge < -0.3 is 0 Å². The molecule has 0 aliphatic carbocycles. The third kappa shape index (κ3) is 2.65. The number of hydrogen-bond donors (Lipinski definition) is 0. The molecule has 0 radical (unpaired) electrons. The molecule has 8 heteroatoms. The molecule has 0 saturated carbocycles. The van der Waals surface area contributed by atoms with Gasteiger partial charge in [-0.3, -0.25) is 9.80 Å². The van der Waals surface area contributed by atoms with E-state index in [4.69, 9.17) is 0 Å². The van der Waals surface area contributed by atoms with E-state index in [9.17, 15) is 0 Å². The number of rotatable bonds is 4. The highest BCUT2D eigenvalue weighted by atomic mass is 15.5. The Kier molecular flexibility index (Phi) is 3.43. The summed E-state index contributed by atoms with van der Waals surface area (Å²) >= 11 is 0. The molecule has 0 unspecified atom stereocenters. The first kappa shape index (κ1) is 14.5. The molecular formula is C17H18N8. The molecule has 126 valence electrons. The summed E-state index contributed by atoms with van der Waals surface area (Å²) in [6.45, 7) is 4.37. The van der Waals surface area contributed by atoms with Gasteiger partial charge in [-0.25, -0.2) is 9.36 Å². The van der Waals surface area contributed by atoms with Crippen LogP contribution >= 0.6 is 0 Å². The van der Waals surface area contributed by atoms with Gasteiger partial charge >= 0.3 is 0 Å². The first-order valence-electron chi connectivity index (χ1n) is 8.38. The summed E-state index contributed by atoms with van der Waals surface area (Å²) < 4.78 is 3.92. The maximum absolute atomic E-state index is 4.28. The van der Waals surface area contributed by atoms with Gasteiger partial charge in [-0.05, 0) is 24.3 Å². The standard InChI is InChI=1S/C17H18N8/c1-3-7-16-14(5-1)18-20-24(16)12-22-9-10-23(11-22)13-25-17-8-4-2-6-15(17)19-21-25/h1-8H,9-13H2. The molecule has 8 nitrogen and oxygen atoms in total. The van der Waals surface area contributed by atoms with Crippen LogP contribution in [0.15, 0.2) is 48.5 Å². The normalized spacial score (nSPS) is 16.3. The lowest BCUT2D eigenvalue weighted by Crippen LogP contribution is -2.29. The van der Waals surface area contributed by atoms with Crippen LogP contribution in [-0.2, 0) is 13.3 Å². The Morgan fingerprint density at radius 1 is 0.680 bits per heavy atom. The molecule has 3 heterocycles. The zero-order chi connectivity index (χ0) is 16.6. The molecule has 0 amide bonds. The maximum atomic E-state index is 4.28. The van der Waals surface area contributed by atoms with E-state index in [0.29, 0.717) is 0 Å². The Morgan fingerprint density at radius 2 is 1.16 bits per heavy atom. The Labute approximate surface area is 144 Å². The minimum absolute atomic E-state index is 0.745. The Hall–Kier alpha value is -2.84. The van der Waals surface area contributed by atoms with Crippen LogP contribution in [0.3, 0.4) is 0 Å². The van der Waals surface area contributed by atoms with E-state index in [2.05, 4.69) is 42.6 Å². The minimum Gasteiger partial charge on any atom is -0.270 e. The van der Waals surface area contributed by atoms with Crippen molar-refractivity contribution in [3.8, 4) is 0 Å². The third-order valence-corrected chi connectivity index (χ3v) is 4.64. The molecule has 0 bridgehead atoms. The van der Waals surface area contributed by atoms with Crippen LogP contribution < -0.4 is 0 Å². The molecular weight excluding hydrogens is 316 g/mol. The number of nitrogens with zero attached hydrogens (tertiary/aromatic N) is 8. The van der Waals surface area contributed by atoms with Gasteiger partial charge in [-0.15, -0.1) is 10.2 Å². The van der Waals surface area contributed by atoms with Crippen molar-refractivity contribution in [2.24, 2.45) is 0 Å². The molecule has 2 aromatic heterocycles. The summed E-state index contributed by atoms with van der Waals surface area (Å²) in [4.78, 5) is 4.72. The summed E-state index contributed by atoms with van der Waals surface area (Å²) in [6, 6.07) is 16.1. The van der Waals surface area contributed by atoms with Gasteiger partial charge in [0.2, 0.25) is 0 Å². The van der Waals surface area contributed by atoms with Crippen LogP contribution in [0.25, 0.3) is 22.1 Å². The summed E-state index contributed by atoms with van der Waals surface area (Å²) in [5.74, 6) is 0. The minimum atomic E-state index is 0.745. The second kappa shape index (κ2) is 5.91. The summed E-state index contributed by atoms with van der Waals surface area (Å²) in [6.07, 6.45) is 0. The van der Waals surface area contributed by atoms with Crippen molar-refractivity contribution < 1.29 is 0 Å². The fraction of sp³-hybridized carbons (Fsp3) is 0.294. The van der Waals surface area contributed by atoms with Crippen LogP contribution in [0.1, 0.15) is 0 Å². The lowest BCUT2D eigenvalue weighted by atomic mass is 10.3. The Bertz CT molecular complexity index is 938. The van der Waals surface area contributed by atoms with Crippen molar-refractivity contribution in [2.45, 2.75) is 13.3 Å². The van der Waals surface area contributed by atoms with Crippen molar-refractivity contribution in [1.82, 2.24) is 39.8 Å². The average molecular weight is 334 g/mol. The SMILES string of the molecule is c1ccc2c(c1)nnn2CN1CCN(Cn2nnc3ccccc32)C1. The largest absolute Gasteiger partial charge is 0.270 e. The fourth-order valence-electron chi connectivity index (χ4n) is 3.36. The van der Waals surface area contributed by atoms with Crippen molar-refractivity contribution >= 4 is 22.1 Å². The van der Waals surface area contributed by atoms with E-state index in [1.165, 1.54) is 0 Å². The van der Waals surface area contributed by atoms with Gasteiger partial charge in [-0.1, -0.05) is 34.7 Å². The van der Waals surface area contributed by atoms with Gasteiger partial charge in [0, 0.05) is 13.1 Å². The summed E-state index contributed by atoms with van der Waals surface area (Å²) in [5.41, 5.74) is 4.02. The van der Waals surface area contributed by atoms with Gasteiger partial charge in [0.15, 0.2) is 0 Å². The molecule has 2 aromatic carbocycles. The molecule has 5 rings (SSSR count). The van der Waals surface area contributed by atoms with E-state index in [0.717, 1.165) is 55.2 Å². The topological polar surface area (TPSA) is 67.9 Å². The van der Waals surface area contributed by atoms with Gasteiger partial charge in [0.25, 0.3) is 0 Å². The van der Waals surface area contributed by atoms with Crippen molar-refractivity contribution in [3.63, 3.8) is 0 Å². The smallest absolute Gasteiger partial charge is 0.113 e. The van der Waals surface area contributed by atoms with Gasteiger partial charge in [-0.2, -0.15) is 0 Å². The predicted molar refractivity (Wildman–Crippen MR) is 93.3 cm³/mol. The van der Waals surface area contributed by atoms with Gasteiger partial charge in [0.1, 0.15) is 11.0 Å². The highest BCUT2D eigenvalue weighted by Gasteiger charge is 2.22. The second-order valence-electron chi connectivity index (χ2n) is 6.37. The number of aromatic nitrogens is 6. The van der Waals surface area contributed by atoms with Crippen LogP contribution in [0.2, 0.25) is 0 Å². The van der Waals surface area contributed by atoms with Crippen molar-refractivity contribution in [1.29, 1.82) is 0 Å². The van der Waals surface area contributed by atoms with E-state index in [1.807, 2.05) is 45.8 Å². The summed E-state index contributed by atoms with van der Waals surface area (Å²) in [5, 5.41) is 17.0. The highest BCUT2D eigenvalue weighted by molar-refractivity contribution is 5.74. The molecule has 0 atom stereocenters. The molecule has 4 aromatic rings. The van der Waals surface area contributed by atoms with Crippen molar-refractivity contribution in [2.75, 3.05) is 19.8 Å². The quantitative estimate of drug-likeness (QED) is 0.561.